The number of amides is 1. The van der Waals surface area contributed by atoms with E-state index in [1.54, 1.807) is 6.07 Å². The van der Waals surface area contributed by atoms with Crippen LogP contribution in [0.1, 0.15) is 30.4 Å². The molecule has 0 bridgehead atoms. The van der Waals surface area contributed by atoms with Crippen LogP contribution in [0.4, 0.5) is 18.9 Å². The summed E-state index contributed by atoms with van der Waals surface area (Å²) in [4.78, 5) is 24.6. The summed E-state index contributed by atoms with van der Waals surface area (Å²) < 4.78 is 38.5. The fourth-order valence-electron chi connectivity index (χ4n) is 4.42. The van der Waals surface area contributed by atoms with Crippen molar-refractivity contribution in [1.82, 2.24) is 9.80 Å². The Hall–Kier alpha value is -2.49. The van der Waals surface area contributed by atoms with Crippen molar-refractivity contribution >= 4 is 42.1 Å². The van der Waals surface area contributed by atoms with E-state index in [4.69, 9.17) is 4.84 Å². The number of piperazine rings is 1. The van der Waals surface area contributed by atoms with Gasteiger partial charge < -0.3 is 14.6 Å². The van der Waals surface area contributed by atoms with Crippen molar-refractivity contribution in [3.8, 4) is 0 Å². The number of anilines is 1. The maximum absolute atomic E-state index is 12.8. The number of carbonyl (C=O) groups excluding carboxylic acids is 1. The summed E-state index contributed by atoms with van der Waals surface area (Å²) >= 11 is 0. The van der Waals surface area contributed by atoms with Crippen molar-refractivity contribution in [2.24, 2.45) is 5.16 Å². The first-order valence-corrected chi connectivity index (χ1v) is 12.0. The first-order valence-electron chi connectivity index (χ1n) is 12.0. The largest absolute Gasteiger partial charge is 0.416 e. The molecule has 2 aliphatic rings. The molecule has 2 aromatic carbocycles. The van der Waals surface area contributed by atoms with Crippen LogP contribution in [-0.2, 0) is 22.4 Å². The van der Waals surface area contributed by atoms with Crippen molar-refractivity contribution in [3.05, 3.63) is 65.7 Å². The van der Waals surface area contributed by atoms with Gasteiger partial charge in [0.1, 0.15) is 6.61 Å². The lowest BCUT2D eigenvalue weighted by molar-refractivity contribution is -0.137. The second kappa shape index (κ2) is 14.4. The van der Waals surface area contributed by atoms with Crippen LogP contribution in [0.5, 0.6) is 0 Å². The molecule has 0 unspecified atom stereocenters. The highest BCUT2D eigenvalue weighted by molar-refractivity contribution is 5.87. The number of hydrogen-bond donors (Lipinski definition) is 0. The lowest BCUT2D eigenvalue weighted by Crippen LogP contribution is -2.47. The third kappa shape index (κ3) is 9.09. The van der Waals surface area contributed by atoms with Crippen LogP contribution in [0, 0.1) is 0 Å². The summed E-state index contributed by atoms with van der Waals surface area (Å²) in [7, 11) is 0. The Morgan fingerprint density at radius 1 is 0.892 bits per heavy atom. The molecular formula is C26H33Cl2F3N4O2. The highest BCUT2D eigenvalue weighted by atomic mass is 35.5. The molecule has 6 nitrogen and oxygen atoms in total. The van der Waals surface area contributed by atoms with Gasteiger partial charge in [0.05, 0.1) is 11.3 Å². The molecule has 2 aliphatic heterocycles. The minimum absolute atomic E-state index is 0. The van der Waals surface area contributed by atoms with Gasteiger partial charge in [-0.2, -0.15) is 13.2 Å². The van der Waals surface area contributed by atoms with E-state index >= 15 is 0 Å². The van der Waals surface area contributed by atoms with Crippen LogP contribution in [0.25, 0.3) is 0 Å². The second-order valence-electron chi connectivity index (χ2n) is 8.92. The van der Waals surface area contributed by atoms with E-state index < -0.39 is 11.7 Å². The van der Waals surface area contributed by atoms with Crippen LogP contribution in [0.3, 0.4) is 0 Å². The number of benzene rings is 2. The van der Waals surface area contributed by atoms with Gasteiger partial charge in [-0.15, -0.1) is 24.8 Å². The standard InChI is InChI=1S/C26H31F3N4O2.2ClH/c27-26(28,29)22-6-4-5-21(19-22)20-35-30-23-9-13-33(14-10-23)25(34)11-12-31-15-17-32(18-16-31)24-7-2-1-3-8-24;;/h1-8,19H,9-18,20H2;2*1H. The molecule has 204 valence electrons. The van der Waals surface area contributed by atoms with E-state index in [9.17, 15) is 18.0 Å². The molecule has 2 heterocycles. The zero-order valence-electron chi connectivity index (χ0n) is 20.5. The first-order chi connectivity index (χ1) is 16.9. The number of oxime groups is 1. The number of piperidine rings is 1. The predicted octanol–water partition coefficient (Wildman–Crippen LogP) is 5.26. The fraction of sp³-hybridized carbons (Fsp3) is 0.462. The molecule has 2 aromatic rings. The maximum Gasteiger partial charge on any atom is 0.416 e. The number of nitrogens with zero attached hydrogens (tertiary/aromatic N) is 4. The van der Waals surface area contributed by atoms with Gasteiger partial charge in [-0.05, 0) is 29.8 Å². The molecule has 2 saturated heterocycles. The Bertz CT molecular complexity index is 1010. The lowest BCUT2D eigenvalue weighted by Gasteiger charge is -2.36. The van der Waals surface area contributed by atoms with Crippen molar-refractivity contribution in [1.29, 1.82) is 0 Å². The zero-order chi connectivity index (χ0) is 24.7. The normalized spacial score (nSPS) is 16.5. The molecule has 0 saturated carbocycles. The molecule has 1 amide bonds. The molecule has 0 spiro atoms. The summed E-state index contributed by atoms with van der Waals surface area (Å²) in [6.45, 7) is 5.74. The van der Waals surface area contributed by atoms with Crippen LogP contribution in [0.2, 0.25) is 0 Å². The molecule has 37 heavy (non-hydrogen) atoms. The Morgan fingerprint density at radius 2 is 1.57 bits per heavy atom. The summed E-state index contributed by atoms with van der Waals surface area (Å²) in [5.74, 6) is 0.152. The summed E-state index contributed by atoms with van der Waals surface area (Å²) in [6, 6.07) is 15.4. The molecule has 4 rings (SSSR count). The van der Waals surface area contributed by atoms with Crippen molar-refractivity contribution in [2.75, 3.05) is 50.7 Å². The quantitative estimate of drug-likeness (QED) is 0.433. The number of para-hydroxylation sites is 1. The van der Waals surface area contributed by atoms with E-state index in [0.29, 0.717) is 37.9 Å². The number of likely N-dealkylation sites (tertiary alicyclic amines) is 1. The van der Waals surface area contributed by atoms with Crippen LogP contribution < -0.4 is 4.90 Å². The van der Waals surface area contributed by atoms with E-state index in [1.807, 2.05) is 11.0 Å². The molecule has 2 fully saturated rings. The molecule has 0 radical (unpaired) electrons. The van der Waals surface area contributed by atoms with Gasteiger partial charge in [-0.1, -0.05) is 35.5 Å². The maximum atomic E-state index is 12.8. The number of carbonyl (C=O) groups is 1. The molecule has 0 aliphatic carbocycles. The highest BCUT2D eigenvalue weighted by Gasteiger charge is 2.30. The van der Waals surface area contributed by atoms with Gasteiger partial charge in [0.2, 0.25) is 5.91 Å². The van der Waals surface area contributed by atoms with E-state index in [1.165, 1.54) is 11.8 Å². The lowest BCUT2D eigenvalue weighted by atomic mass is 10.1. The number of hydrogen-bond acceptors (Lipinski definition) is 5. The third-order valence-electron chi connectivity index (χ3n) is 6.51. The van der Waals surface area contributed by atoms with Gasteiger partial charge in [0.25, 0.3) is 0 Å². The highest BCUT2D eigenvalue weighted by Crippen LogP contribution is 2.29. The topological polar surface area (TPSA) is 48.4 Å². The van der Waals surface area contributed by atoms with Crippen LogP contribution in [0.15, 0.2) is 59.8 Å². The minimum atomic E-state index is -4.38. The summed E-state index contributed by atoms with van der Waals surface area (Å²) in [5, 5.41) is 4.10. The van der Waals surface area contributed by atoms with Crippen molar-refractivity contribution < 1.29 is 22.8 Å². The van der Waals surface area contributed by atoms with E-state index in [2.05, 4.69) is 39.2 Å². The Balaban J connectivity index is 0.00000241. The number of rotatable bonds is 7. The Kier molecular flexibility index (Phi) is 12.0. The molecule has 0 aromatic heterocycles. The van der Waals surface area contributed by atoms with E-state index in [-0.39, 0.29) is 37.3 Å². The van der Waals surface area contributed by atoms with Gasteiger partial charge in [0.15, 0.2) is 0 Å². The predicted molar refractivity (Wildman–Crippen MR) is 144 cm³/mol. The van der Waals surface area contributed by atoms with Crippen molar-refractivity contribution in [3.63, 3.8) is 0 Å². The van der Waals surface area contributed by atoms with E-state index in [0.717, 1.165) is 50.6 Å². The van der Waals surface area contributed by atoms with Crippen LogP contribution >= 0.6 is 24.8 Å². The van der Waals surface area contributed by atoms with Gasteiger partial charge in [-0.3, -0.25) is 9.69 Å². The first kappa shape index (κ1) is 30.7. The minimum Gasteiger partial charge on any atom is -0.391 e. The second-order valence-corrected chi connectivity index (χ2v) is 8.92. The molecular weight excluding hydrogens is 528 g/mol. The number of alkyl halides is 3. The van der Waals surface area contributed by atoms with Gasteiger partial charge >= 0.3 is 6.18 Å². The number of halogens is 5. The average Bonchev–Trinajstić information content (AvgIpc) is 2.88. The molecule has 0 N–H and O–H groups in total. The molecule has 0 atom stereocenters. The Morgan fingerprint density at radius 3 is 2.22 bits per heavy atom. The van der Waals surface area contributed by atoms with Crippen molar-refractivity contribution in [2.45, 2.75) is 32.0 Å². The summed E-state index contributed by atoms with van der Waals surface area (Å²) in [6.07, 6.45) is -2.64. The zero-order valence-corrected chi connectivity index (χ0v) is 22.2. The average molecular weight is 561 g/mol. The molecule has 11 heteroatoms. The third-order valence-corrected chi connectivity index (χ3v) is 6.51. The summed E-state index contributed by atoms with van der Waals surface area (Å²) in [5.41, 5.74) is 1.79. The smallest absolute Gasteiger partial charge is 0.391 e. The van der Waals surface area contributed by atoms with Gasteiger partial charge in [0, 0.05) is 70.8 Å². The fourth-order valence-corrected chi connectivity index (χ4v) is 4.42. The Labute approximate surface area is 228 Å². The van der Waals surface area contributed by atoms with Crippen LogP contribution in [-0.4, -0.2) is 67.2 Å². The van der Waals surface area contributed by atoms with Gasteiger partial charge in [-0.25, -0.2) is 0 Å². The monoisotopic (exact) mass is 560 g/mol. The SMILES string of the molecule is Cl.Cl.O=C(CCN1CCN(c2ccccc2)CC1)N1CCC(=NOCc2cccc(C(F)(F)F)c2)CC1.